The van der Waals surface area contributed by atoms with Gasteiger partial charge in [-0.25, -0.2) is 0 Å². The largest absolute Gasteiger partial charge is 0.419 e. The van der Waals surface area contributed by atoms with E-state index >= 15 is 0 Å². The molecule has 0 spiro atoms. The molecule has 5 heteroatoms. The molecule has 0 amide bonds. The summed E-state index contributed by atoms with van der Waals surface area (Å²) in [5.74, 6) is 0. The van der Waals surface area contributed by atoms with Crippen molar-refractivity contribution in [2.45, 2.75) is 31.2 Å². The van der Waals surface area contributed by atoms with E-state index < -0.39 is 17.8 Å². The van der Waals surface area contributed by atoms with E-state index in [9.17, 15) is 13.2 Å². The van der Waals surface area contributed by atoms with Crippen LogP contribution in [0.3, 0.4) is 0 Å². The second-order valence-electron chi connectivity index (χ2n) is 5.30. The molecule has 2 atom stereocenters. The molecular formula is C18H20F3NO. The molecule has 0 aliphatic heterocycles. The Morgan fingerprint density at radius 1 is 0.957 bits per heavy atom. The summed E-state index contributed by atoms with van der Waals surface area (Å²) in [7, 11) is 1.11. The van der Waals surface area contributed by atoms with Crippen molar-refractivity contribution in [2.75, 3.05) is 12.4 Å². The van der Waals surface area contributed by atoms with Crippen molar-refractivity contribution in [1.82, 2.24) is 0 Å². The summed E-state index contributed by atoms with van der Waals surface area (Å²) in [5, 5.41) is 3.00. The quantitative estimate of drug-likeness (QED) is 0.789. The number of alkyl halides is 3. The molecule has 124 valence electrons. The van der Waals surface area contributed by atoms with Crippen molar-refractivity contribution in [2.24, 2.45) is 0 Å². The minimum Gasteiger partial charge on any atom is -0.375 e. The molecule has 0 aromatic heterocycles. The first-order valence-corrected chi connectivity index (χ1v) is 7.43. The lowest BCUT2D eigenvalue weighted by Gasteiger charge is -2.41. The zero-order chi connectivity index (χ0) is 16.9. The van der Waals surface area contributed by atoms with Crippen LogP contribution in [0.2, 0.25) is 0 Å². The number of halogens is 3. The second kappa shape index (κ2) is 7.04. The third-order valence-corrected chi connectivity index (χ3v) is 4.05. The predicted octanol–water partition coefficient (Wildman–Crippen LogP) is 5.20. The normalized spacial score (nSPS) is 15.7. The van der Waals surface area contributed by atoms with Gasteiger partial charge in [-0.2, -0.15) is 13.2 Å². The van der Waals surface area contributed by atoms with Crippen LogP contribution in [0.1, 0.15) is 24.9 Å². The van der Waals surface area contributed by atoms with Gasteiger partial charge in [0, 0.05) is 12.8 Å². The molecule has 0 aliphatic rings. The molecule has 0 heterocycles. The van der Waals surface area contributed by atoms with Crippen LogP contribution in [-0.2, 0) is 4.74 Å². The van der Waals surface area contributed by atoms with E-state index in [0.717, 1.165) is 7.11 Å². The van der Waals surface area contributed by atoms with Gasteiger partial charge in [-0.3, -0.25) is 0 Å². The molecule has 2 aromatic rings. The highest BCUT2D eigenvalue weighted by Gasteiger charge is 2.59. The summed E-state index contributed by atoms with van der Waals surface area (Å²) in [6.45, 7) is 1.49. The lowest BCUT2D eigenvalue weighted by molar-refractivity contribution is -0.277. The Morgan fingerprint density at radius 3 is 1.91 bits per heavy atom. The molecule has 2 unspecified atom stereocenters. The standard InChI is InChI=1S/C18H20F3NO/c1-3-17(23-2,18(19,20)21)16(14-10-6-4-7-11-14)22-15-12-8-5-9-13-15/h4-13,16,22H,3H2,1-2H3. The van der Waals surface area contributed by atoms with Crippen LogP contribution in [0.4, 0.5) is 18.9 Å². The van der Waals surface area contributed by atoms with Crippen molar-refractivity contribution in [3.05, 3.63) is 66.2 Å². The first kappa shape index (κ1) is 17.3. The Bertz CT molecular complexity index is 595. The molecule has 2 rings (SSSR count). The number of benzene rings is 2. The van der Waals surface area contributed by atoms with Gasteiger partial charge < -0.3 is 10.1 Å². The van der Waals surface area contributed by atoms with Crippen molar-refractivity contribution >= 4 is 5.69 Å². The molecule has 2 aromatic carbocycles. The van der Waals surface area contributed by atoms with Gasteiger partial charge in [0.05, 0.1) is 6.04 Å². The fraction of sp³-hybridized carbons (Fsp3) is 0.333. The van der Waals surface area contributed by atoms with Gasteiger partial charge in [0.15, 0.2) is 5.60 Å². The van der Waals surface area contributed by atoms with E-state index in [1.807, 2.05) is 6.07 Å². The Balaban J connectivity index is 2.52. The lowest BCUT2D eigenvalue weighted by Crippen LogP contribution is -2.53. The predicted molar refractivity (Wildman–Crippen MR) is 85.3 cm³/mol. The third kappa shape index (κ3) is 3.50. The summed E-state index contributed by atoms with van der Waals surface area (Å²) in [5.41, 5.74) is -1.18. The van der Waals surface area contributed by atoms with Crippen molar-refractivity contribution < 1.29 is 17.9 Å². The average molecular weight is 323 g/mol. The van der Waals surface area contributed by atoms with Gasteiger partial charge in [0.25, 0.3) is 0 Å². The number of hydrogen-bond donors (Lipinski definition) is 1. The van der Waals surface area contributed by atoms with E-state index in [2.05, 4.69) is 5.32 Å². The molecule has 2 nitrogen and oxygen atoms in total. The number of ether oxygens (including phenoxy) is 1. The van der Waals surface area contributed by atoms with Gasteiger partial charge in [0.1, 0.15) is 0 Å². The maximum atomic E-state index is 13.8. The number of nitrogens with one attached hydrogen (secondary N) is 1. The van der Waals surface area contributed by atoms with Crippen LogP contribution >= 0.6 is 0 Å². The SMILES string of the molecule is CCC(OC)(C(Nc1ccccc1)c1ccccc1)C(F)(F)F. The highest BCUT2D eigenvalue weighted by molar-refractivity contribution is 5.46. The Kier molecular flexibility index (Phi) is 5.31. The summed E-state index contributed by atoms with van der Waals surface area (Å²) in [4.78, 5) is 0. The first-order chi connectivity index (χ1) is 10.9. The van der Waals surface area contributed by atoms with E-state index in [4.69, 9.17) is 4.74 Å². The zero-order valence-electron chi connectivity index (χ0n) is 13.1. The summed E-state index contributed by atoms with van der Waals surface area (Å²) in [6.07, 6.45) is -4.72. The van der Waals surface area contributed by atoms with Crippen molar-refractivity contribution in [3.8, 4) is 0 Å². The van der Waals surface area contributed by atoms with E-state index in [0.29, 0.717) is 11.3 Å². The van der Waals surface area contributed by atoms with Crippen LogP contribution in [0.5, 0.6) is 0 Å². The fourth-order valence-electron chi connectivity index (χ4n) is 2.76. The number of anilines is 1. The van der Waals surface area contributed by atoms with Crippen molar-refractivity contribution in [1.29, 1.82) is 0 Å². The lowest BCUT2D eigenvalue weighted by atomic mass is 9.85. The van der Waals surface area contributed by atoms with Crippen LogP contribution in [0, 0.1) is 0 Å². The topological polar surface area (TPSA) is 21.3 Å². The molecule has 0 bridgehead atoms. The Labute approximate surface area is 134 Å². The molecule has 1 N–H and O–H groups in total. The Morgan fingerprint density at radius 2 is 1.48 bits per heavy atom. The van der Waals surface area contributed by atoms with Crippen LogP contribution in [0.25, 0.3) is 0 Å². The van der Waals surface area contributed by atoms with Gasteiger partial charge >= 0.3 is 6.18 Å². The maximum absolute atomic E-state index is 13.8. The van der Waals surface area contributed by atoms with Crippen LogP contribution < -0.4 is 5.32 Å². The maximum Gasteiger partial charge on any atom is 0.419 e. The first-order valence-electron chi connectivity index (χ1n) is 7.43. The van der Waals surface area contributed by atoms with Crippen LogP contribution in [0.15, 0.2) is 60.7 Å². The monoisotopic (exact) mass is 323 g/mol. The fourth-order valence-corrected chi connectivity index (χ4v) is 2.76. The van der Waals surface area contributed by atoms with Gasteiger partial charge in [-0.1, -0.05) is 55.5 Å². The van der Waals surface area contributed by atoms with E-state index in [-0.39, 0.29) is 6.42 Å². The molecule has 0 radical (unpaired) electrons. The van der Waals surface area contributed by atoms with Gasteiger partial charge in [-0.05, 0) is 24.1 Å². The number of hydrogen-bond acceptors (Lipinski definition) is 2. The van der Waals surface area contributed by atoms with Crippen molar-refractivity contribution in [3.63, 3.8) is 0 Å². The highest BCUT2D eigenvalue weighted by atomic mass is 19.4. The smallest absolute Gasteiger partial charge is 0.375 e. The number of rotatable bonds is 6. The third-order valence-electron chi connectivity index (χ3n) is 4.05. The van der Waals surface area contributed by atoms with E-state index in [1.165, 1.54) is 6.92 Å². The molecule has 0 fully saturated rings. The number of methoxy groups -OCH3 is 1. The minimum atomic E-state index is -4.52. The molecule has 0 saturated heterocycles. The Hall–Kier alpha value is -2.01. The number of para-hydroxylation sites is 1. The van der Waals surface area contributed by atoms with Gasteiger partial charge in [0.2, 0.25) is 0 Å². The van der Waals surface area contributed by atoms with Gasteiger partial charge in [-0.15, -0.1) is 0 Å². The minimum absolute atomic E-state index is 0.202. The average Bonchev–Trinajstić information content (AvgIpc) is 2.56. The molecule has 0 saturated carbocycles. The summed E-state index contributed by atoms with van der Waals surface area (Å²) < 4.78 is 46.6. The molecule has 23 heavy (non-hydrogen) atoms. The second-order valence-corrected chi connectivity index (χ2v) is 5.30. The highest BCUT2D eigenvalue weighted by Crippen LogP contribution is 2.46. The molecule has 0 aliphatic carbocycles. The summed E-state index contributed by atoms with van der Waals surface area (Å²) in [6, 6.07) is 16.4. The molecular weight excluding hydrogens is 303 g/mol. The summed E-state index contributed by atoms with van der Waals surface area (Å²) >= 11 is 0. The van der Waals surface area contributed by atoms with E-state index in [1.54, 1.807) is 54.6 Å². The zero-order valence-corrected chi connectivity index (χ0v) is 13.1. The van der Waals surface area contributed by atoms with Crippen LogP contribution in [-0.4, -0.2) is 18.9 Å².